The van der Waals surface area contributed by atoms with Gasteiger partial charge in [0.2, 0.25) is 5.88 Å². The molecular formula is C21H24ClN5O. The Kier molecular flexibility index (Phi) is 5.63. The van der Waals surface area contributed by atoms with Gasteiger partial charge in [-0.3, -0.25) is 0 Å². The highest BCUT2D eigenvalue weighted by Crippen LogP contribution is 2.49. The molecule has 1 saturated heterocycles. The first-order valence-electron chi connectivity index (χ1n) is 9.87. The van der Waals surface area contributed by atoms with Gasteiger partial charge in [-0.1, -0.05) is 11.6 Å². The van der Waals surface area contributed by atoms with Gasteiger partial charge in [-0.15, -0.1) is 0 Å². The summed E-state index contributed by atoms with van der Waals surface area (Å²) in [6.45, 7) is 4.55. The Morgan fingerprint density at radius 1 is 1.29 bits per heavy atom. The van der Waals surface area contributed by atoms with E-state index >= 15 is 0 Å². The van der Waals surface area contributed by atoms with Crippen LogP contribution in [0, 0.1) is 36.0 Å². The molecule has 146 valence electrons. The van der Waals surface area contributed by atoms with E-state index in [1.165, 1.54) is 19.3 Å². The summed E-state index contributed by atoms with van der Waals surface area (Å²) in [6, 6.07) is 7.57. The molecule has 0 N–H and O–H groups in total. The molecule has 2 aromatic heterocycles. The van der Waals surface area contributed by atoms with Crippen LogP contribution in [0.1, 0.15) is 37.2 Å². The topological polar surface area (TPSA) is 74.9 Å². The van der Waals surface area contributed by atoms with E-state index in [0.717, 1.165) is 43.1 Å². The second-order valence-corrected chi connectivity index (χ2v) is 8.14. The van der Waals surface area contributed by atoms with Gasteiger partial charge in [0, 0.05) is 25.4 Å². The van der Waals surface area contributed by atoms with Crippen LogP contribution in [-0.4, -0.2) is 34.6 Å². The number of hydrogen-bond acceptors (Lipinski definition) is 6. The number of halogens is 1. The molecule has 0 radical (unpaired) electrons. The zero-order chi connectivity index (χ0) is 19.5. The second-order valence-electron chi connectivity index (χ2n) is 7.71. The van der Waals surface area contributed by atoms with Crippen molar-refractivity contribution < 1.29 is 4.74 Å². The van der Waals surface area contributed by atoms with Gasteiger partial charge in [0.25, 0.3) is 0 Å². The third-order valence-corrected chi connectivity index (χ3v) is 6.05. The third kappa shape index (κ3) is 4.53. The van der Waals surface area contributed by atoms with Gasteiger partial charge < -0.3 is 9.64 Å². The van der Waals surface area contributed by atoms with Crippen molar-refractivity contribution in [1.82, 2.24) is 15.0 Å². The zero-order valence-corrected chi connectivity index (χ0v) is 16.8. The van der Waals surface area contributed by atoms with Crippen LogP contribution in [-0.2, 0) is 0 Å². The highest BCUT2D eigenvalue weighted by molar-refractivity contribution is 6.30. The van der Waals surface area contributed by atoms with Crippen molar-refractivity contribution in [3.8, 4) is 11.9 Å². The van der Waals surface area contributed by atoms with Crippen molar-refractivity contribution >= 4 is 17.4 Å². The molecule has 2 aromatic rings. The molecule has 4 rings (SSSR count). The van der Waals surface area contributed by atoms with Crippen molar-refractivity contribution in [2.75, 3.05) is 24.6 Å². The van der Waals surface area contributed by atoms with Crippen molar-refractivity contribution in [2.24, 2.45) is 17.8 Å². The summed E-state index contributed by atoms with van der Waals surface area (Å²) in [5, 5.41) is 9.67. The Bertz CT molecular complexity index is 858. The van der Waals surface area contributed by atoms with Crippen LogP contribution in [0.2, 0.25) is 5.02 Å². The molecule has 2 fully saturated rings. The minimum atomic E-state index is 0.355. The smallest absolute Gasteiger partial charge is 0.217 e. The van der Waals surface area contributed by atoms with Gasteiger partial charge in [-0.2, -0.15) is 10.2 Å². The van der Waals surface area contributed by atoms with E-state index in [2.05, 4.69) is 19.9 Å². The van der Waals surface area contributed by atoms with E-state index < -0.39 is 0 Å². The molecule has 1 aliphatic heterocycles. The molecule has 28 heavy (non-hydrogen) atoms. The van der Waals surface area contributed by atoms with Crippen LogP contribution in [0.4, 0.5) is 5.82 Å². The number of aromatic nitrogens is 3. The van der Waals surface area contributed by atoms with E-state index in [1.54, 1.807) is 19.2 Å². The highest BCUT2D eigenvalue weighted by Gasteiger charge is 2.43. The number of nitrogens with zero attached hydrogens (tertiary/aromatic N) is 5. The predicted octanol–water partition coefficient (Wildman–Crippen LogP) is 4.03. The Labute approximate surface area is 170 Å². The van der Waals surface area contributed by atoms with Crippen LogP contribution >= 0.6 is 11.6 Å². The quantitative estimate of drug-likeness (QED) is 0.732. The standard InChI is InChI=1S/C21H24ClN5O/c1-14-25-18(12-23)11-21(26-14)28-9-6-16-10-19(16)15-4-7-27(8-5-15)20-3-2-17(22)13-24-20/h2-3,11,13,15-16,19H,4-10H2,1H3/t16-,19-/m1/s1. The molecule has 0 unspecified atom stereocenters. The zero-order valence-electron chi connectivity index (χ0n) is 16.0. The molecule has 1 saturated carbocycles. The maximum Gasteiger partial charge on any atom is 0.217 e. The average Bonchev–Trinajstić information content (AvgIpc) is 3.48. The molecular weight excluding hydrogens is 374 g/mol. The van der Waals surface area contributed by atoms with E-state index in [1.807, 2.05) is 18.2 Å². The predicted molar refractivity (Wildman–Crippen MR) is 107 cm³/mol. The van der Waals surface area contributed by atoms with Gasteiger partial charge >= 0.3 is 0 Å². The van der Waals surface area contributed by atoms with Crippen LogP contribution < -0.4 is 9.64 Å². The van der Waals surface area contributed by atoms with Gasteiger partial charge in [0.05, 0.1) is 11.6 Å². The fraction of sp³-hybridized carbons (Fsp3) is 0.524. The maximum absolute atomic E-state index is 8.98. The largest absolute Gasteiger partial charge is 0.478 e. The lowest BCUT2D eigenvalue weighted by Crippen LogP contribution is -2.35. The summed E-state index contributed by atoms with van der Waals surface area (Å²) in [4.78, 5) is 15.1. The fourth-order valence-electron chi connectivity index (χ4n) is 4.28. The molecule has 1 aliphatic carbocycles. The summed E-state index contributed by atoms with van der Waals surface area (Å²) in [5.74, 6) is 4.49. The Morgan fingerprint density at radius 2 is 2.11 bits per heavy atom. The summed E-state index contributed by atoms with van der Waals surface area (Å²) >= 11 is 5.93. The third-order valence-electron chi connectivity index (χ3n) is 5.83. The number of anilines is 1. The molecule has 0 bridgehead atoms. The lowest BCUT2D eigenvalue weighted by molar-refractivity contribution is 0.275. The number of hydrogen-bond donors (Lipinski definition) is 0. The SMILES string of the molecule is Cc1nc(C#N)cc(OCC[C@@H]2C[C@@H]2C2CCN(c3ccc(Cl)cn3)CC2)n1. The summed E-state index contributed by atoms with van der Waals surface area (Å²) in [6.07, 6.45) is 6.53. The number of pyridine rings is 1. The Balaban J connectivity index is 1.20. The minimum absolute atomic E-state index is 0.355. The van der Waals surface area contributed by atoms with E-state index in [4.69, 9.17) is 21.6 Å². The monoisotopic (exact) mass is 397 g/mol. The minimum Gasteiger partial charge on any atom is -0.478 e. The fourth-order valence-corrected chi connectivity index (χ4v) is 4.39. The van der Waals surface area contributed by atoms with Gasteiger partial charge in [0.15, 0.2) is 0 Å². The lowest BCUT2D eigenvalue weighted by Gasteiger charge is -2.33. The number of ether oxygens (including phenoxy) is 1. The molecule has 2 aliphatic rings. The van der Waals surface area contributed by atoms with Crippen molar-refractivity contribution in [1.29, 1.82) is 5.26 Å². The normalized spacial score (nSPS) is 22.0. The lowest BCUT2D eigenvalue weighted by atomic mass is 9.90. The van der Waals surface area contributed by atoms with Crippen LogP contribution in [0.3, 0.4) is 0 Å². The molecule has 0 spiro atoms. The average molecular weight is 398 g/mol. The summed E-state index contributed by atoms with van der Waals surface area (Å²) < 4.78 is 5.77. The number of piperidine rings is 1. The molecule has 0 amide bonds. The van der Waals surface area contributed by atoms with Crippen molar-refractivity contribution in [3.63, 3.8) is 0 Å². The first kappa shape index (κ1) is 18.9. The first-order valence-corrected chi connectivity index (χ1v) is 10.3. The highest BCUT2D eigenvalue weighted by atomic mass is 35.5. The molecule has 2 atom stereocenters. The van der Waals surface area contributed by atoms with Crippen LogP contribution in [0.15, 0.2) is 24.4 Å². The summed E-state index contributed by atoms with van der Waals surface area (Å²) in [7, 11) is 0. The molecule has 0 aromatic carbocycles. The Morgan fingerprint density at radius 3 is 2.82 bits per heavy atom. The van der Waals surface area contributed by atoms with Gasteiger partial charge in [-0.25, -0.2) is 9.97 Å². The molecule has 7 heteroatoms. The van der Waals surface area contributed by atoms with Crippen LogP contribution in [0.5, 0.6) is 5.88 Å². The maximum atomic E-state index is 8.98. The number of aryl methyl sites for hydroxylation is 1. The van der Waals surface area contributed by atoms with E-state index in [0.29, 0.717) is 29.0 Å². The van der Waals surface area contributed by atoms with Crippen LogP contribution in [0.25, 0.3) is 0 Å². The van der Waals surface area contributed by atoms with E-state index in [-0.39, 0.29) is 0 Å². The molecule has 3 heterocycles. The summed E-state index contributed by atoms with van der Waals surface area (Å²) in [5.41, 5.74) is 0.355. The Hall–Kier alpha value is -2.39. The van der Waals surface area contributed by atoms with Gasteiger partial charge in [0.1, 0.15) is 23.4 Å². The van der Waals surface area contributed by atoms with Crippen molar-refractivity contribution in [3.05, 3.63) is 40.9 Å². The molecule has 6 nitrogen and oxygen atoms in total. The number of rotatable bonds is 6. The van der Waals surface area contributed by atoms with Crippen molar-refractivity contribution in [2.45, 2.75) is 32.6 Å². The number of nitriles is 1. The van der Waals surface area contributed by atoms with Gasteiger partial charge in [-0.05, 0) is 62.5 Å². The van der Waals surface area contributed by atoms with E-state index in [9.17, 15) is 0 Å². The second kappa shape index (κ2) is 8.32. The first-order chi connectivity index (χ1) is 13.6.